The van der Waals surface area contributed by atoms with E-state index in [0.29, 0.717) is 35.2 Å². The molecule has 4 heterocycles. The molecule has 4 aliphatic rings. The summed E-state index contributed by atoms with van der Waals surface area (Å²) in [6.45, 7) is 8.78. The van der Waals surface area contributed by atoms with Crippen molar-refractivity contribution in [3.63, 3.8) is 0 Å². The number of hydrogen-bond donors (Lipinski definition) is 4. The van der Waals surface area contributed by atoms with Crippen LogP contribution in [0.15, 0.2) is 48.5 Å². The van der Waals surface area contributed by atoms with Gasteiger partial charge in [-0.3, -0.25) is 24.8 Å². The maximum absolute atomic E-state index is 15.1. The summed E-state index contributed by atoms with van der Waals surface area (Å²) >= 11 is 0. The Morgan fingerprint density at radius 3 is 2.39 bits per heavy atom. The lowest BCUT2D eigenvalue weighted by molar-refractivity contribution is -0.134. The number of carbonyl (C=O) groups excluding carboxylic acids is 4. The SMILES string of the molecule is CC(C)NC(=O)O[C@@H]1CC[C@H](c2cc(NC(=O)c3ccc(N4CCC(CN5CCC(c6ccc(C7CCC(=O)NC7=O)c(F)c6)CC5)CC4)cc3)n[nH]2)C1. The van der Waals surface area contributed by atoms with E-state index in [1.165, 1.54) is 0 Å². The van der Waals surface area contributed by atoms with Crippen LogP contribution in [0.5, 0.6) is 0 Å². The summed E-state index contributed by atoms with van der Waals surface area (Å²) in [7, 11) is 0. The monoisotopic (exact) mass is 741 g/mol. The number of amides is 4. The lowest BCUT2D eigenvalue weighted by Gasteiger charge is -2.38. The van der Waals surface area contributed by atoms with Crippen molar-refractivity contribution < 1.29 is 28.3 Å². The number of aromatic nitrogens is 2. The van der Waals surface area contributed by atoms with Gasteiger partial charge in [0.15, 0.2) is 5.82 Å². The van der Waals surface area contributed by atoms with E-state index in [2.05, 4.69) is 35.9 Å². The Balaban J connectivity index is 0.821. The standard InChI is InChI=1S/C41H52FN7O5/c1-25(2)43-41(53)54-32-9-5-30(21-32)36-23-37(47-46-36)44-39(51)28-3-7-31(8-4-28)49-19-13-26(14-20-49)24-48-17-15-27(16-18-48)29-6-10-33(35(42)22-29)34-11-12-38(50)45-40(34)52/h3-4,6-8,10,22-23,25-27,30,32,34H,5,9,11-21,24H2,1-2H3,(H,43,53)(H,45,50,52)(H2,44,46,47,51)/t30-,32+,34?/m0/s1. The topological polar surface area (TPSA) is 149 Å². The predicted octanol–water partition coefficient (Wildman–Crippen LogP) is 6.19. The van der Waals surface area contributed by atoms with Gasteiger partial charge in [0.2, 0.25) is 11.8 Å². The highest BCUT2D eigenvalue weighted by Gasteiger charge is 2.32. The van der Waals surface area contributed by atoms with Crippen LogP contribution in [0.1, 0.15) is 117 Å². The van der Waals surface area contributed by atoms with Crippen molar-refractivity contribution in [1.29, 1.82) is 0 Å². The molecule has 3 aliphatic heterocycles. The van der Waals surface area contributed by atoms with Gasteiger partial charge in [-0.15, -0.1) is 0 Å². The van der Waals surface area contributed by atoms with Gasteiger partial charge in [0.1, 0.15) is 11.9 Å². The smallest absolute Gasteiger partial charge is 0.407 e. The molecule has 4 amide bonds. The third-order valence-electron chi connectivity index (χ3n) is 11.7. The minimum atomic E-state index is -0.607. The number of aromatic amines is 1. The zero-order chi connectivity index (χ0) is 37.8. The van der Waals surface area contributed by atoms with E-state index in [1.807, 2.05) is 50.2 Å². The number of nitrogens with one attached hydrogen (secondary N) is 4. The van der Waals surface area contributed by atoms with Crippen LogP contribution < -0.4 is 20.9 Å². The van der Waals surface area contributed by atoms with Gasteiger partial charge in [0.05, 0.1) is 5.92 Å². The Kier molecular flexibility index (Phi) is 11.6. The van der Waals surface area contributed by atoms with Crippen LogP contribution in [0.25, 0.3) is 0 Å². The average Bonchev–Trinajstić information content (AvgIpc) is 3.82. The molecule has 288 valence electrons. The van der Waals surface area contributed by atoms with Crippen molar-refractivity contribution >= 4 is 35.3 Å². The second kappa shape index (κ2) is 16.7. The number of ether oxygens (including phenoxy) is 1. The molecule has 4 N–H and O–H groups in total. The molecule has 3 atom stereocenters. The van der Waals surface area contributed by atoms with Gasteiger partial charge in [0.25, 0.3) is 5.91 Å². The third kappa shape index (κ3) is 9.11. The first kappa shape index (κ1) is 37.5. The van der Waals surface area contributed by atoms with E-state index in [-0.39, 0.29) is 48.2 Å². The first-order chi connectivity index (χ1) is 26.1. The van der Waals surface area contributed by atoms with Crippen molar-refractivity contribution in [2.45, 2.75) is 102 Å². The summed E-state index contributed by atoms with van der Waals surface area (Å²) in [5.74, 6) is -0.292. The van der Waals surface area contributed by atoms with E-state index in [1.54, 1.807) is 12.1 Å². The second-order valence-corrected chi connectivity index (χ2v) is 15.8. The van der Waals surface area contributed by atoms with E-state index in [4.69, 9.17) is 4.74 Å². The van der Waals surface area contributed by atoms with Crippen molar-refractivity contribution in [3.05, 3.63) is 76.7 Å². The summed E-state index contributed by atoms with van der Waals surface area (Å²) in [6, 6.07) is 15.0. The second-order valence-electron chi connectivity index (χ2n) is 15.8. The van der Waals surface area contributed by atoms with Crippen molar-refractivity contribution in [1.82, 2.24) is 25.7 Å². The van der Waals surface area contributed by atoms with Gasteiger partial charge >= 0.3 is 6.09 Å². The molecule has 1 saturated carbocycles. The van der Waals surface area contributed by atoms with Gasteiger partial charge in [-0.05, 0) is 126 Å². The van der Waals surface area contributed by atoms with Crippen LogP contribution in [0.4, 0.5) is 20.7 Å². The molecule has 1 aromatic heterocycles. The van der Waals surface area contributed by atoms with Crippen LogP contribution in [0.3, 0.4) is 0 Å². The summed E-state index contributed by atoms with van der Waals surface area (Å²) < 4.78 is 20.7. The fourth-order valence-electron chi connectivity index (χ4n) is 8.63. The lowest BCUT2D eigenvalue weighted by Crippen LogP contribution is -2.41. The summed E-state index contributed by atoms with van der Waals surface area (Å²) in [5.41, 5.74) is 3.98. The zero-order valence-electron chi connectivity index (χ0n) is 31.2. The average molecular weight is 742 g/mol. The van der Waals surface area contributed by atoms with Crippen molar-refractivity contribution in [2.75, 3.05) is 42.9 Å². The molecule has 4 fully saturated rings. The number of carbonyl (C=O) groups is 4. The van der Waals surface area contributed by atoms with Gasteiger partial charge in [-0.1, -0.05) is 12.1 Å². The highest BCUT2D eigenvalue weighted by molar-refractivity contribution is 6.04. The Bertz CT molecular complexity index is 1810. The van der Waals surface area contributed by atoms with Crippen LogP contribution >= 0.6 is 0 Å². The molecule has 3 saturated heterocycles. The van der Waals surface area contributed by atoms with E-state index in [9.17, 15) is 19.2 Å². The fraction of sp³-hybridized carbons (Fsp3) is 0.537. The number of rotatable bonds is 10. The highest BCUT2D eigenvalue weighted by Crippen LogP contribution is 2.37. The highest BCUT2D eigenvalue weighted by atomic mass is 19.1. The molecule has 2 aromatic carbocycles. The first-order valence-electron chi connectivity index (χ1n) is 19.6. The largest absolute Gasteiger partial charge is 0.446 e. The van der Waals surface area contributed by atoms with Gasteiger partial charge in [-0.2, -0.15) is 5.10 Å². The normalized spacial score (nSPS) is 23.0. The number of benzene rings is 2. The molecule has 1 unspecified atom stereocenters. The van der Waals surface area contributed by atoms with Crippen molar-refractivity contribution in [3.8, 4) is 0 Å². The molecule has 7 rings (SSSR count). The third-order valence-corrected chi connectivity index (χ3v) is 11.7. The van der Waals surface area contributed by atoms with E-state index < -0.39 is 11.8 Å². The minimum Gasteiger partial charge on any atom is -0.446 e. The number of alkyl carbamates (subject to hydrolysis) is 1. The maximum atomic E-state index is 15.1. The molecule has 3 aromatic rings. The van der Waals surface area contributed by atoms with E-state index in [0.717, 1.165) is 94.6 Å². The lowest BCUT2D eigenvalue weighted by atomic mass is 9.85. The Morgan fingerprint density at radius 2 is 1.69 bits per heavy atom. The number of halogens is 1. The number of H-pyrrole nitrogens is 1. The number of anilines is 2. The van der Waals surface area contributed by atoms with Crippen molar-refractivity contribution in [2.24, 2.45) is 5.92 Å². The van der Waals surface area contributed by atoms with Crippen LogP contribution in [0, 0.1) is 11.7 Å². The van der Waals surface area contributed by atoms with Gasteiger partial charge in [0, 0.05) is 66.6 Å². The summed E-state index contributed by atoms with van der Waals surface area (Å²) in [5, 5.41) is 15.4. The molecular weight excluding hydrogens is 689 g/mol. The predicted molar refractivity (Wildman–Crippen MR) is 203 cm³/mol. The van der Waals surface area contributed by atoms with Crippen LogP contribution in [-0.4, -0.2) is 83.8 Å². The molecule has 0 radical (unpaired) electrons. The number of nitrogens with zero attached hydrogens (tertiary/aromatic N) is 3. The number of imide groups is 1. The number of piperidine rings is 3. The van der Waals surface area contributed by atoms with Gasteiger partial charge < -0.3 is 25.2 Å². The van der Waals surface area contributed by atoms with Crippen LogP contribution in [-0.2, 0) is 14.3 Å². The molecule has 13 heteroatoms. The fourth-order valence-corrected chi connectivity index (χ4v) is 8.63. The summed E-state index contributed by atoms with van der Waals surface area (Å²) in [4.78, 5) is 53.7. The molecular formula is C41H52FN7O5. The quantitative estimate of drug-likeness (QED) is 0.180. The Labute approximate surface area is 316 Å². The minimum absolute atomic E-state index is 0.0280. The number of hydrogen-bond acceptors (Lipinski definition) is 8. The Hall–Kier alpha value is -4.78. The number of likely N-dealkylation sites (tertiary alicyclic amines) is 1. The van der Waals surface area contributed by atoms with E-state index >= 15 is 4.39 Å². The van der Waals surface area contributed by atoms with Gasteiger partial charge in [-0.25, -0.2) is 9.18 Å². The molecule has 54 heavy (non-hydrogen) atoms. The molecule has 12 nitrogen and oxygen atoms in total. The molecule has 0 bridgehead atoms. The maximum Gasteiger partial charge on any atom is 0.407 e. The molecule has 0 spiro atoms. The van der Waals surface area contributed by atoms with Crippen LogP contribution in [0.2, 0.25) is 0 Å². The Morgan fingerprint density at radius 1 is 0.926 bits per heavy atom. The molecule has 1 aliphatic carbocycles. The summed E-state index contributed by atoms with van der Waals surface area (Å²) in [6.07, 6.45) is 6.62. The zero-order valence-corrected chi connectivity index (χ0v) is 31.2. The first-order valence-corrected chi connectivity index (χ1v) is 19.6.